The van der Waals surface area contributed by atoms with E-state index in [0.717, 1.165) is 12.8 Å². The maximum atomic E-state index is 11.7. The number of aromatic nitrogens is 2. The van der Waals surface area contributed by atoms with Gasteiger partial charge in [0.15, 0.2) is 0 Å². The Balaban J connectivity index is 2.45. The third-order valence-electron chi connectivity index (χ3n) is 2.66. The van der Waals surface area contributed by atoms with Crippen LogP contribution in [0.15, 0.2) is 11.0 Å². The molecule has 1 aromatic rings. The molecule has 4 nitrogen and oxygen atoms in total. The zero-order valence-electron chi connectivity index (χ0n) is 7.86. The topological polar surface area (TPSA) is 55.1 Å². The van der Waals surface area contributed by atoms with E-state index in [4.69, 9.17) is 23.2 Å². The van der Waals surface area contributed by atoms with E-state index in [9.17, 15) is 9.90 Å². The molecular weight excluding hydrogens is 239 g/mol. The van der Waals surface area contributed by atoms with Gasteiger partial charge in [0.25, 0.3) is 5.56 Å². The van der Waals surface area contributed by atoms with Crippen molar-refractivity contribution >= 4 is 23.2 Å². The molecule has 0 radical (unpaired) electrons. The molecule has 1 fully saturated rings. The maximum Gasteiger partial charge on any atom is 0.287 e. The minimum absolute atomic E-state index is 0.0363. The van der Waals surface area contributed by atoms with Crippen LogP contribution < -0.4 is 5.56 Å². The van der Waals surface area contributed by atoms with Crippen LogP contribution in [0.1, 0.15) is 25.3 Å². The van der Waals surface area contributed by atoms with Crippen LogP contribution in [-0.2, 0) is 0 Å². The molecule has 2 unspecified atom stereocenters. The van der Waals surface area contributed by atoms with Crippen molar-refractivity contribution in [1.82, 2.24) is 9.78 Å². The van der Waals surface area contributed by atoms with Gasteiger partial charge in [0.05, 0.1) is 23.4 Å². The standard InChI is InChI=1S/C9H10Cl2N2O2/c10-5-4-12-13(9(15)8(5)11)6-2-1-3-7(6)14/h4,6-7,14H,1-3H2. The molecule has 1 N–H and O–H groups in total. The lowest BCUT2D eigenvalue weighted by Crippen LogP contribution is -2.31. The zero-order valence-corrected chi connectivity index (χ0v) is 9.37. The molecule has 0 aromatic carbocycles. The van der Waals surface area contributed by atoms with Crippen LogP contribution in [0, 0.1) is 0 Å². The van der Waals surface area contributed by atoms with Gasteiger partial charge in [-0.3, -0.25) is 4.79 Å². The molecule has 1 aliphatic carbocycles. The fraction of sp³-hybridized carbons (Fsp3) is 0.556. The molecule has 1 saturated carbocycles. The number of nitrogens with zero attached hydrogens (tertiary/aromatic N) is 2. The highest BCUT2D eigenvalue weighted by Gasteiger charge is 2.29. The van der Waals surface area contributed by atoms with Gasteiger partial charge in [-0.1, -0.05) is 23.2 Å². The molecule has 0 aliphatic heterocycles. The van der Waals surface area contributed by atoms with Crippen molar-refractivity contribution in [2.24, 2.45) is 0 Å². The predicted molar refractivity (Wildman–Crippen MR) is 57.4 cm³/mol. The Bertz CT molecular complexity index is 433. The summed E-state index contributed by atoms with van der Waals surface area (Å²) < 4.78 is 1.23. The Labute approximate surface area is 96.4 Å². The van der Waals surface area contributed by atoms with E-state index >= 15 is 0 Å². The molecule has 2 atom stereocenters. The molecular formula is C9H10Cl2N2O2. The van der Waals surface area contributed by atoms with Gasteiger partial charge in [0.2, 0.25) is 0 Å². The molecule has 0 bridgehead atoms. The van der Waals surface area contributed by atoms with E-state index in [1.807, 2.05) is 0 Å². The minimum atomic E-state index is -0.521. The first-order valence-electron chi connectivity index (χ1n) is 4.72. The Hall–Kier alpha value is -0.580. The van der Waals surface area contributed by atoms with Crippen LogP contribution >= 0.6 is 23.2 Å². The van der Waals surface area contributed by atoms with Crippen LogP contribution in [-0.4, -0.2) is 21.0 Å². The van der Waals surface area contributed by atoms with E-state index < -0.39 is 11.7 Å². The fourth-order valence-corrected chi connectivity index (χ4v) is 2.13. The molecule has 2 rings (SSSR count). The quantitative estimate of drug-likeness (QED) is 0.823. The van der Waals surface area contributed by atoms with Crippen molar-refractivity contribution < 1.29 is 5.11 Å². The van der Waals surface area contributed by atoms with E-state index in [2.05, 4.69) is 5.10 Å². The summed E-state index contributed by atoms with van der Waals surface area (Å²) in [6.45, 7) is 0. The van der Waals surface area contributed by atoms with E-state index in [1.54, 1.807) is 0 Å². The zero-order chi connectivity index (χ0) is 11.0. The number of hydrogen-bond donors (Lipinski definition) is 1. The normalized spacial score (nSPS) is 25.8. The Morgan fingerprint density at radius 1 is 1.47 bits per heavy atom. The first-order valence-corrected chi connectivity index (χ1v) is 5.47. The second-order valence-corrected chi connectivity index (χ2v) is 4.41. The second-order valence-electron chi connectivity index (χ2n) is 3.62. The Kier molecular flexibility index (Phi) is 3.00. The molecule has 1 aromatic heterocycles. The molecule has 15 heavy (non-hydrogen) atoms. The van der Waals surface area contributed by atoms with E-state index in [1.165, 1.54) is 10.9 Å². The monoisotopic (exact) mass is 248 g/mol. The van der Waals surface area contributed by atoms with Crippen molar-refractivity contribution in [3.05, 3.63) is 26.6 Å². The number of aliphatic hydroxyl groups is 1. The van der Waals surface area contributed by atoms with Gasteiger partial charge in [-0.05, 0) is 19.3 Å². The Morgan fingerprint density at radius 3 is 2.80 bits per heavy atom. The van der Waals surface area contributed by atoms with Crippen molar-refractivity contribution in [3.8, 4) is 0 Å². The largest absolute Gasteiger partial charge is 0.391 e. The van der Waals surface area contributed by atoms with Gasteiger partial charge in [-0.25, -0.2) is 4.68 Å². The highest BCUT2D eigenvalue weighted by molar-refractivity contribution is 6.41. The van der Waals surface area contributed by atoms with Crippen LogP contribution in [0.5, 0.6) is 0 Å². The fourth-order valence-electron chi connectivity index (χ4n) is 1.87. The van der Waals surface area contributed by atoms with Crippen LogP contribution in [0.25, 0.3) is 0 Å². The summed E-state index contributed by atoms with van der Waals surface area (Å²) in [6, 6.07) is -0.271. The molecule has 1 aliphatic rings. The van der Waals surface area contributed by atoms with Gasteiger partial charge in [0, 0.05) is 0 Å². The number of hydrogen-bond acceptors (Lipinski definition) is 3. The predicted octanol–water partition coefficient (Wildman–Crippen LogP) is 1.64. The average Bonchev–Trinajstić information content (AvgIpc) is 2.62. The molecule has 0 spiro atoms. The summed E-state index contributed by atoms with van der Waals surface area (Å²) in [5.74, 6) is 0. The van der Waals surface area contributed by atoms with Crippen molar-refractivity contribution in [2.45, 2.75) is 31.4 Å². The van der Waals surface area contributed by atoms with Gasteiger partial charge >= 0.3 is 0 Å². The summed E-state index contributed by atoms with van der Waals surface area (Å²) in [5, 5.41) is 13.7. The highest BCUT2D eigenvalue weighted by Crippen LogP contribution is 2.29. The third kappa shape index (κ3) is 1.89. The van der Waals surface area contributed by atoms with Crippen LogP contribution in [0.3, 0.4) is 0 Å². The summed E-state index contributed by atoms with van der Waals surface area (Å²) in [6.07, 6.45) is 3.13. The third-order valence-corrected chi connectivity index (χ3v) is 3.41. The molecule has 1 heterocycles. The molecule has 0 saturated heterocycles. The number of rotatable bonds is 1. The maximum absolute atomic E-state index is 11.7. The van der Waals surface area contributed by atoms with Crippen LogP contribution in [0.4, 0.5) is 0 Å². The number of halogens is 2. The smallest absolute Gasteiger partial charge is 0.287 e. The average molecular weight is 249 g/mol. The summed E-state index contributed by atoms with van der Waals surface area (Å²) in [5.41, 5.74) is -0.435. The van der Waals surface area contributed by atoms with E-state index in [0.29, 0.717) is 6.42 Å². The molecule has 6 heteroatoms. The van der Waals surface area contributed by atoms with Crippen molar-refractivity contribution in [3.63, 3.8) is 0 Å². The summed E-state index contributed by atoms with van der Waals surface area (Å²) in [4.78, 5) is 11.7. The summed E-state index contributed by atoms with van der Waals surface area (Å²) in [7, 11) is 0. The lowest BCUT2D eigenvalue weighted by atomic mass is 10.2. The minimum Gasteiger partial charge on any atom is -0.391 e. The van der Waals surface area contributed by atoms with Gasteiger partial charge in [-0.15, -0.1) is 0 Å². The van der Waals surface area contributed by atoms with Gasteiger partial charge in [-0.2, -0.15) is 5.10 Å². The molecule has 0 amide bonds. The SMILES string of the molecule is O=c1c(Cl)c(Cl)cnn1C1CCCC1O. The molecule has 82 valence electrons. The van der Waals surface area contributed by atoms with Gasteiger partial charge in [0.1, 0.15) is 5.02 Å². The first kappa shape index (κ1) is 10.9. The van der Waals surface area contributed by atoms with Crippen molar-refractivity contribution in [1.29, 1.82) is 0 Å². The van der Waals surface area contributed by atoms with Crippen LogP contribution in [0.2, 0.25) is 10.0 Å². The lowest BCUT2D eigenvalue weighted by Gasteiger charge is -2.16. The highest BCUT2D eigenvalue weighted by atomic mass is 35.5. The van der Waals surface area contributed by atoms with Gasteiger partial charge < -0.3 is 5.11 Å². The second kappa shape index (κ2) is 4.12. The first-order chi connectivity index (χ1) is 7.11. The number of aliphatic hydroxyl groups excluding tert-OH is 1. The van der Waals surface area contributed by atoms with Crippen molar-refractivity contribution in [2.75, 3.05) is 0 Å². The summed E-state index contributed by atoms with van der Waals surface area (Å²) >= 11 is 11.4. The Morgan fingerprint density at radius 2 is 2.20 bits per heavy atom. The van der Waals surface area contributed by atoms with E-state index in [-0.39, 0.29) is 16.1 Å². The lowest BCUT2D eigenvalue weighted by molar-refractivity contribution is 0.127.